The Labute approximate surface area is 84.7 Å². The Balaban J connectivity index is 1.93. The fraction of sp³-hybridized carbons (Fsp3) is 0.727. The zero-order chi connectivity index (χ0) is 9.97. The molecule has 1 atom stereocenters. The molecule has 1 aromatic heterocycles. The molecule has 3 heteroatoms. The number of aliphatic hydroxyl groups excluding tert-OH is 1. The van der Waals surface area contributed by atoms with Gasteiger partial charge in [-0.05, 0) is 31.7 Å². The molecule has 0 aliphatic heterocycles. The Morgan fingerprint density at radius 1 is 1.57 bits per heavy atom. The van der Waals surface area contributed by atoms with Crippen LogP contribution in [0.3, 0.4) is 0 Å². The van der Waals surface area contributed by atoms with Gasteiger partial charge in [0.25, 0.3) is 0 Å². The molecule has 1 saturated carbocycles. The first-order valence-corrected chi connectivity index (χ1v) is 5.44. The van der Waals surface area contributed by atoms with Crippen LogP contribution in [0.4, 0.5) is 0 Å². The Kier molecular flexibility index (Phi) is 2.87. The number of aryl methyl sites for hydroxylation is 1. The fourth-order valence-electron chi connectivity index (χ4n) is 2.26. The Morgan fingerprint density at radius 3 is 2.86 bits per heavy atom. The second-order valence-corrected chi connectivity index (χ2v) is 4.27. The van der Waals surface area contributed by atoms with Crippen LogP contribution >= 0.6 is 0 Å². The molecule has 3 nitrogen and oxygen atoms in total. The number of rotatable bonds is 3. The molecule has 1 heterocycles. The molecule has 1 N–H and O–H groups in total. The maximum atomic E-state index is 9.98. The molecule has 0 spiro atoms. The van der Waals surface area contributed by atoms with E-state index in [4.69, 9.17) is 0 Å². The summed E-state index contributed by atoms with van der Waals surface area (Å²) in [6.07, 6.45) is 6.50. The van der Waals surface area contributed by atoms with Gasteiger partial charge in [-0.15, -0.1) is 0 Å². The zero-order valence-electron chi connectivity index (χ0n) is 8.69. The molecular formula is C11H18N2O. The van der Waals surface area contributed by atoms with E-state index in [-0.39, 0.29) is 6.10 Å². The second kappa shape index (κ2) is 4.13. The van der Waals surface area contributed by atoms with E-state index in [1.807, 2.05) is 17.7 Å². The van der Waals surface area contributed by atoms with Gasteiger partial charge in [0.1, 0.15) is 0 Å². The van der Waals surface area contributed by atoms with E-state index in [2.05, 4.69) is 5.10 Å². The summed E-state index contributed by atoms with van der Waals surface area (Å²) < 4.78 is 1.89. The topological polar surface area (TPSA) is 38.0 Å². The van der Waals surface area contributed by atoms with Crippen LogP contribution < -0.4 is 0 Å². The molecule has 2 rings (SSSR count). The van der Waals surface area contributed by atoms with Crippen LogP contribution in [-0.4, -0.2) is 21.0 Å². The summed E-state index contributed by atoms with van der Waals surface area (Å²) in [6.45, 7) is 2.68. The predicted octanol–water partition coefficient (Wildman–Crippen LogP) is 1.74. The first kappa shape index (κ1) is 9.71. The number of hydrogen-bond acceptors (Lipinski definition) is 2. The molecule has 1 unspecified atom stereocenters. The van der Waals surface area contributed by atoms with Gasteiger partial charge in [0, 0.05) is 11.9 Å². The summed E-state index contributed by atoms with van der Waals surface area (Å²) in [5.74, 6) is 0.499. The number of hydrogen-bond donors (Lipinski definition) is 1. The van der Waals surface area contributed by atoms with Crippen LogP contribution in [0.1, 0.15) is 31.4 Å². The van der Waals surface area contributed by atoms with Crippen molar-refractivity contribution in [1.82, 2.24) is 9.78 Å². The van der Waals surface area contributed by atoms with Gasteiger partial charge in [-0.25, -0.2) is 0 Å². The molecule has 1 aliphatic rings. The highest BCUT2D eigenvalue weighted by atomic mass is 16.3. The van der Waals surface area contributed by atoms with Crippen molar-refractivity contribution in [3.8, 4) is 0 Å². The minimum Gasteiger partial charge on any atom is -0.391 e. The van der Waals surface area contributed by atoms with E-state index in [1.54, 1.807) is 6.20 Å². The van der Waals surface area contributed by atoms with Gasteiger partial charge < -0.3 is 5.11 Å². The summed E-state index contributed by atoms with van der Waals surface area (Å²) in [4.78, 5) is 0. The predicted molar refractivity (Wildman–Crippen MR) is 54.9 cm³/mol. The van der Waals surface area contributed by atoms with Crippen molar-refractivity contribution in [2.75, 3.05) is 0 Å². The van der Waals surface area contributed by atoms with Gasteiger partial charge in [0.15, 0.2) is 0 Å². The maximum Gasteiger partial charge on any atom is 0.0764 e. The molecule has 0 amide bonds. The van der Waals surface area contributed by atoms with Crippen LogP contribution in [0.5, 0.6) is 0 Å². The molecule has 0 bridgehead atoms. The standard InChI is InChI=1S/C11H18N2O/c1-9-6-7-12-13(9)8-11(14)10-4-2-3-5-10/h6-7,10-11,14H,2-5,8H2,1H3. The highest BCUT2D eigenvalue weighted by Gasteiger charge is 2.23. The van der Waals surface area contributed by atoms with Gasteiger partial charge in [-0.2, -0.15) is 5.10 Å². The van der Waals surface area contributed by atoms with Gasteiger partial charge in [0.2, 0.25) is 0 Å². The van der Waals surface area contributed by atoms with Crippen molar-refractivity contribution in [2.24, 2.45) is 5.92 Å². The lowest BCUT2D eigenvalue weighted by Gasteiger charge is -2.18. The minimum absolute atomic E-state index is 0.212. The van der Waals surface area contributed by atoms with Crippen LogP contribution in [0.25, 0.3) is 0 Å². The van der Waals surface area contributed by atoms with E-state index >= 15 is 0 Å². The first-order chi connectivity index (χ1) is 6.77. The van der Waals surface area contributed by atoms with E-state index in [0.29, 0.717) is 12.5 Å². The molecule has 1 aliphatic carbocycles. The average molecular weight is 194 g/mol. The van der Waals surface area contributed by atoms with Crippen LogP contribution in [-0.2, 0) is 6.54 Å². The second-order valence-electron chi connectivity index (χ2n) is 4.27. The van der Waals surface area contributed by atoms with Crippen LogP contribution in [0.2, 0.25) is 0 Å². The Morgan fingerprint density at radius 2 is 2.29 bits per heavy atom. The van der Waals surface area contributed by atoms with E-state index < -0.39 is 0 Å². The number of aliphatic hydroxyl groups is 1. The normalized spacial score (nSPS) is 20.1. The van der Waals surface area contributed by atoms with Crippen molar-refractivity contribution in [1.29, 1.82) is 0 Å². The third-order valence-corrected chi connectivity index (χ3v) is 3.23. The third-order valence-electron chi connectivity index (χ3n) is 3.23. The Bertz CT molecular complexity index is 289. The molecular weight excluding hydrogens is 176 g/mol. The van der Waals surface area contributed by atoms with Crippen LogP contribution in [0, 0.1) is 12.8 Å². The highest BCUT2D eigenvalue weighted by molar-refractivity contribution is 4.96. The largest absolute Gasteiger partial charge is 0.391 e. The average Bonchev–Trinajstić information content (AvgIpc) is 2.77. The highest BCUT2D eigenvalue weighted by Crippen LogP contribution is 2.28. The lowest BCUT2D eigenvalue weighted by atomic mass is 10.0. The van der Waals surface area contributed by atoms with Crippen molar-refractivity contribution >= 4 is 0 Å². The monoisotopic (exact) mass is 194 g/mol. The molecule has 78 valence electrons. The van der Waals surface area contributed by atoms with E-state index in [9.17, 15) is 5.11 Å². The number of aromatic nitrogens is 2. The molecule has 14 heavy (non-hydrogen) atoms. The number of nitrogens with zero attached hydrogens (tertiary/aromatic N) is 2. The third kappa shape index (κ3) is 1.98. The summed E-state index contributed by atoms with van der Waals surface area (Å²) in [6, 6.07) is 1.97. The fourth-order valence-corrected chi connectivity index (χ4v) is 2.26. The molecule has 0 saturated heterocycles. The van der Waals surface area contributed by atoms with E-state index in [1.165, 1.54) is 25.7 Å². The van der Waals surface area contributed by atoms with Gasteiger partial charge >= 0.3 is 0 Å². The summed E-state index contributed by atoms with van der Waals surface area (Å²) >= 11 is 0. The summed E-state index contributed by atoms with van der Waals surface area (Å²) in [7, 11) is 0. The SMILES string of the molecule is Cc1ccnn1CC(O)C1CCCC1. The first-order valence-electron chi connectivity index (χ1n) is 5.44. The van der Waals surface area contributed by atoms with Crippen LogP contribution in [0.15, 0.2) is 12.3 Å². The van der Waals surface area contributed by atoms with E-state index in [0.717, 1.165) is 5.69 Å². The van der Waals surface area contributed by atoms with Crippen molar-refractivity contribution in [3.63, 3.8) is 0 Å². The quantitative estimate of drug-likeness (QED) is 0.796. The molecule has 0 aromatic carbocycles. The van der Waals surface area contributed by atoms with Crippen molar-refractivity contribution in [3.05, 3.63) is 18.0 Å². The summed E-state index contributed by atoms with van der Waals surface area (Å²) in [5.41, 5.74) is 1.13. The maximum absolute atomic E-state index is 9.98. The van der Waals surface area contributed by atoms with Gasteiger partial charge in [-0.3, -0.25) is 4.68 Å². The smallest absolute Gasteiger partial charge is 0.0764 e. The van der Waals surface area contributed by atoms with Crippen molar-refractivity contribution < 1.29 is 5.11 Å². The molecule has 1 aromatic rings. The molecule has 0 radical (unpaired) electrons. The van der Waals surface area contributed by atoms with Crippen molar-refractivity contribution in [2.45, 2.75) is 45.3 Å². The minimum atomic E-state index is -0.212. The summed E-state index contributed by atoms with van der Waals surface area (Å²) in [5, 5.41) is 14.2. The van der Waals surface area contributed by atoms with Gasteiger partial charge in [-0.1, -0.05) is 12.8 Å². The lowest BCUT2D eigenvalue weighted by Crippen LogP contribution is -2.24. The zero-order valence-corrected chi connectivity index (χ0v) is 8.69. The molecule has 1 fully saturated rings. The van der Waals surface area contributed by atoms with Gasteiger partial charge in [0.05, 0.1) is 12.6 Å². The lowest BCUT2D eigenvalue weighted by molar-refractivity contribution is 0.0887. The Hall–Kier alpha value is -0.830.